The van der Waals surface area contributed by atoms with Crippen LogP contribution in [-0.4, -0.2) is 16.1 Å². The molecule has 0 aliphatic heterocycles. The lowest BCUT2D eigenvalue weighted by atomic mass is 10.1. The second-order valence-electron chi connectivity index (χ2n) is 3.89. The highest BCUT2D eigenvalue weighted by Crippen LogP contribution is 2.31. The quantitative estimate of drug-likeness (QED) is 0.946. The lowest BCUT2D eigenvalue weighted by Crippen LogP contribution is -2.08. The van der Waals surface area contributed by atoms with Gasteiger partial charge in [0.15, 0.2) is 0 Å². The van der Waals surface area contributed by atoms with E-state index in [9.17, 15) is 8.78 Å². The van der Waals surface area contributed by atoms with Gasteiger partial charge in [0.25, 0.3) is 0 Å². The molecule has 0 bridgehead atoms. The minimum atomic E-state index is -0.487. The highest BCUT2D eigenvalue weighted by molar-refractivity contribution is 9.10. The Hall–Kier alpha value is -1.27. The van der Waals surface area contributed by atoms with Gasteiger partial charge in [0, 0.05) is 19.0 Å². The Kier molecular flexibility index (Phi) is 3.77. The molecule has 2 N–H and O–H groups in total. The van der Waals surface area contributed by atoms with Crippen LogP contribution in [0.25, 0.3) is 11.3 Å². The van der Waals surface area contributed by atoms with Crippen molar-refractivity contribution in [2.45, 2.75) is 6.42 Å². The summed E-state index contributed by atoms with van der Waals surface area (Å²) in [5.74, 6) is -0.248. The van der Waals surface area contributed by atoms with Crippen LogP contribution in [0.4, 0.5) is 8.78 Å². The molecular formula is C12H12BrF2N3. The van der Waals surface area contributed by atoms with Gasteiger partial charge < -0.3 is 10.3 Å². The van der Waals surface area contributed by atoms with Crippen molar-refractivity contribution in [2.24, 2.45) is 12.8 Å². The molecule has 0 saturated carbocycles. The van der Waals surface area contributed by atoms with E-state index in [1.54, 1.807) is 11.6 Å². The number of hydrogen-bond acceptors (Lipinski definition) is 2. The molecule has 0 atom stereocenters. The fraction of sp³-hybridized carbons (Fsp3) is 0.250. The number of nitrogens with two attached hydrogens (primary N) is 1. The van der Waals surface area contributed by atoms with Crippen molar-refractivity contribution in [3.05, 3.63) is 40.3 Å². The average molecular weight is 316 g/mol. The van der Waals surface area contributed by atoms with Crippen LogP contribution in [0, 0.1) is 11.6 Å². The first-order valence-electron chi connectivity index (χ1n) is 5.41. The molecule has 0 fully saturated rings. The van der Waals surface area contributed by atoms with Crippen LogP contribution in [0.2, 0.25) is 0 Å². The molecule has 2 aromatic rings. The summed E-state index contributed by atoms with van der Waals surface area (Å²) in [6.07, 6.45) is 0.575. The maximum Gasteiger partial charge on any atom is 0.132 e. The Bertz CT molecular complexity index is 581. The molecule has 6 heteroatoms. The zero-order valence-electron chi connectivity index (χ0n) is 9.75. The van der Waals surface area contributed by atoms with Gasteiger partial charge in [-0.15, -0.1) is 0 Å². The zero-order valence-corrected chi connectivity index (χ0v) is 11.3. The summed E-state index contributed by atoms with van der Waals surface area (Å²) in [6, 6.07) is 3.35. The van der Waals surface area contributed by atoms with E-state index < -0.39 is 11.6 Å². The van der Waals surface area contributed by atoms with Crippen molar-refractivity contribution in [1.29, 1.82) is 0 Å². The predicted octanol–water partition coefficient (Wildman–Crippen LogP) is 2.63. The van der Waals surface area contributed by atoms with Gasteiger partial charge in [0.1, 0.15) is 22.1 Å². The van der Waals surface area contributed by atoms with Gasteiger partial charge >= 0.3 is 0 Å². The molecule has 0 spiro atoms. The van der Waals surface area contributed by atoms with E-state index in [4.69, 9.17) is 5.73 Å². The second-order valence-corrected chi connectivity index (χ2v) is 4.64. The summed E-state index contributed by atoms with van der Waals surface area (Å²) in [5, 5.41) is 0. The van der Waals surface area contributed by atoms with Gasteiger partial charge in [0.2, 0.25) is 0 Å². The van der Waals surface area contributed by atoms with Crippen molar-refractivity contribution in [3.63, 3.8) is 0 Å². The lowest BCUT2D eigenvalue weighted by Gasteiger charge is -2.07. The maximum atomic E-state index is 13.8. The first-order valence-corrected chi connectivity index (χ1v) is 6.20. The smallest absolute Gasteiger partial charge is 0.132 e. The molecule has 1 aromatic carbocycles. The topological polar surface area (TPSA) is 43.8 Å². The molecular weight excluding hydrogens is 304 g/mol. The molecule has 96 valence electrons. The van der Waals surface area contributed by atoms with Crippen LogP contribution in [0.15, 0.2) is 22.8 Å². The number of nitrogens with zero attached hydrogens (tertiary/aromatic N) is 2. The van der Waals surface area contributed by atoms with Gasteiger partial charge in [-0.1, -0.05) is 0 Å². The molecule has 0 radical (unpaired) electrons. The highest BCUT2D eigenvalue weighted by atomic mass is 79.9. The van der Waals surface area contributed by atoms with E-state index in [0.717, 1.165) is 24.0 Å². The van der Waals surface area contributed by atoms with Crippen molar-refractivity contribution in [3.8, 4) is 11.3 Å². The Morgan fingerprint density at radius 1 is 1.39 bits per heavy atom. The molecule has 18 heavy (non-hydrogen) atoms. The van der Waals surface area contributed by atoms with Gasteiger partial charge in [0.05, 0.1) is 5.69 Å². The van der Waals surface area contributed by atoms with Crippen LogP contribution < -0.4 is 5.73 Å². The van der Waals surface area contributed by atoms with E-state index in [1.807, 2.05) is 0 Å². The molecule has 0 saturated heterocycles. The third kappa shape index (κ3) is 2.30. The number of hydrogen-bond donors (Lipinski definition) is 1. The zero-order chi connectivity index (χ0) is 13.3. The number of rotatable bonds is 3. The van der Waals surface area contributed by atoms with E-state index in [-0.39, 0.29) is 5.56 Å². The molecule has 1 aromatic heterocycles. The summed E-state index contributed by atoms with van der Waals surface area (Å²) >= 11 is 3.27. The maximum absolute atomic E-state index is 13.8. The molecule has 2 rings (SSSR count). The van der Waals surface area contributed by atoms with Crippen molar-refractivity contribution < 1.29 is 8.78 Å². The SMILES string of the molecule is Cn1c(CCN)nc(Br)c1-c1cc(F)ccc1F. The average Bonchev–Trinajstić information content (AvgIpc) is 2.59. The van der Waals surface area contributed by atoms with Gasteiger partial charge in [-0.05, 0) is 40.7 Å². The van der Waals surface area contributed by atoms with Crippen molar-refractivity contribution >= 4 is 15.9 Å². The fourth-order valence-corrected chi connectivity index (χ4v) is 2.52. The molecule has 0 unspecified atom stereocenters. The van der Waals surface area contributed by atoms with Gasteiger partial charge in [-0.3, -0.25) is 0 Å². The summed E-state index contributed by atoms with van der Waals surface area (Å²) in [6.45, 7) is 0.447. The lowest BCUT2D eigenvalue weighted by molar-refractivity contribution is 0.601. The molecule has 0 aliphatic carbocycles. The summed E-state index contributed by atoms with van der Waals surface area (Å²) in [4.78, 5) is 4.26. The first kappa shape index (κ1) is 13.2. The summed E-state index contributed by atoms with van der Waals surface area (Å²) in [7, 11) is 1.75. The number of imidazole rings is 1. The van der Waals surface area contributed by atoms with Crippen LogP contribution in [-0.2, 0) is 13.5 Å². The van der Waals surface area contributed by atoms with Crippen molar-refractivity contribution in [2.75, 3.05) is 6.54 Å². The number of aromatic nitrogens is 2. The monoisotopic (exact) mass is 315 g/mol. The summed E-state index contributed by atoms with van der Waals surface area (Å²) < 4.78 is 29.2. The first-order chi connectivity index (χ1) is 8.54. The largest absolute Gasteiger partial charge is 0.330 e. The fourth-order valence-electron chi connectivity index (χ4n) is 1.83. The Morgan fingerprint density at radius 2 is 2.11 bits per heavy atom. The predicted molar refractivity (Wildman–Crippen MR) is 69.0 cm³/mol. The third-order valence-electron chi connectivity index (χ3n) is 2.70. The minimum Gasteiger partial charge on any atom is -0.330 e. The van der Waals surface area contributed by atoms with Crippen molar-refractivity contribution in [1.82, 2.24) is 9.55 Å². The normalized spacial score (nSPS) is 10.9. The van der Waals surface area contributed by atoms with E-state index >= 15 is 0 Å². The Morgan fingerprint density at radius 3 is 2.78 bits per heavy atom. The van der Waals surface area contributed by atoms with Gasteiger partial charge in [-0.2, -0.15) is 0 Å². The number of benzene rings is 1. The molecule has 0 aliphatic rings. The van der Waals surface area contributed by atoms with Gasteiger partial charge in [-0.25, -0.2) is 13.8 Å². The standard InChI is InChI=1S/C12H12BrF2N3/c1-18-10(4-5-16)17-12(13)11(18)8-6-7(14)2-3-9(8)15/h2-3,6H,4-5,16H2,1H3. The molecule has 3 nitrogen and oxygen atoms in total. The summed E-state index contributed by atoms with van der Waals surface area (Å²) in [5.41, 5.74) is 6.17. The van der Waals surface area contributed by atoms with Crippen LogP contribution in [0.5, 0.6) is 0 Å². The Balaban J connectivity index is 2.60. The second kappa shape index (κ2) is 5.16. The minimum absolute atomic E-state index is 0.181. The van der Waals surface area contributed by atoms with Crippen LogP contribution in [0.3, 0.4) is 0 Å². The van der Waals surface area contributed by atoms with E-state index in [2.05, 4.69) is 20.9 Å². The van der Waals surface area contributed by atoms with Crippen LogP contribution in [0.1, 0.15) is 5.82 Å². The number of halogens is 3. The Labute approximate surface area is 112 Å². The molecule has 1 heterocycles. The third-order valence-corrected chi connectivity index (χ3v) is 3.25. The highest BCUT2D eigenvalue weighted by Gasteiger charge is 2.17. The molecule has 0 amide bonds. The van der Waals surface area contributed by atoms with E-state index in [1.165, 1.54) is 0 Å². The van der Waals surface area contributed by atoms with Crippen LogP contribution >= 0.6 is 15.9 Å². The van der Waals surface area contributed by atoms with E-state index in [0.29, 0.717) is 23.3 Å².